The molecule has 1 saturated heterocycles. The summed E-state index contributed by atoms with van der Waals surface area (Å²) in [5.41, 5.74) is 0.260. The van der Waals surface area contributed by atoms with E-state index in [9.17, 15) is 18.7 Å². The molecule has 1 aromatic rings. The average molecular weight is 258 g/mol. The molecule has 1 N–H and O–H groups in total. The summed E-state index contributed by atoms with van der Waals surface area (Å²) in [7, 11) is 0. The van der Waals surface area contributed by atoms with Gasteiger partial charge in [-0.15, -0.1) is 0 Å². The molecule has 1 atom stereocenters. The van der Waals surface area contributed by atoms with Gasteiger partial charge < -0.3 is 14.6 Å². The zero-order valence-corrected chi connectivity index (χ0v) is 9.93. The smallest absolute Gasteiger partial charge is 0.270 e. The van der Waals surface area contributed by atoms with Crippen molar-refractivity contribution in [2.24, 2.45) is 0 Å². The Kier molecular flexibility index (Phi) is 3.96. The number of likely N-dealkylation sites (tertiary alicyclic amines) is 1. The first-order valence-corrected chi connectivity index (χ1v) is 5.98. The summed E-state index contributed by atoms with van der Waals surface area (Å²) in [6, 6.07) is 2.93. The molecule has 18 heavy (non-hydrogen) atoms. The molecule has 1 unspecified atom stereocenters. The van der Waals surface area contributed by atoms with Gasteiger partial charge in [-0.1, -0.05) is 0 Å². The normalized spacial score (nSPS) is 19.8. The van der Waals surface area contributed by atoms with E-state index in [0.717, 1.165) is 12.8 Å². The third kappa shape index (κ3) is 2.53. The third-order valence-electron chi connectivity index (χ3n) is 3.23. The molecule has 2 heterocycles. The topological polar surface area (TPSA) is 45.5 Å². The minimum absolute atomic E-state index is 0.0820. The van der Waals surface area contributed by atoms with Crippen molar-refractivity contribution in [1.82, 2.24) is 9.47 Å². The summed E-state index contributed by atoms with van der Waals surface area (Å²) >= 11 is 0. The second-order valence-corrected chi connectivity index (χ2v) is 4.41. The number of aliphatic hydroxyl groups is 1. The van der Waals surface area contributed by atoms with Crippen LogP contribution in [0.25, 0.3) is 0 Å². The highest BCUT2D eigenvalue weighted by atomic mass is 19.3. The molecule has 1 fully saturated rings. The Hall–Kier alpha value is -1.43. The molecule has 1 aliphatic heterocycles. The first-order valence-electron chi connectivity index (χ1n) is 5.98. The molecule has 0 spiro atoms. The van der Waals surface area contributed by atoms with Crippen LogP contribution in [-0.4, -0.2) is 46.1 Å². The molecule has 0 aliphatic carbocycles. The van der Waals surface area contributed by atoms with Crippen molar-refractivity contribution in [2.75, 3.05) is 13.2 Å². The second-order valence-electron chi connectivity index (χ2n) is 4.41. The number of carbonyl (C=O) groups is 1. The summed E-state index contributed by atoms with van der Waals surface area (Å²) in [6.45, 7) is 0.0108. The molecule has 0 radical (unpaired) electrons. The molecular weight excluding hydrogens is 242 g/mol. The second kappa shape index (κ2) is 5.48. The highest BCUT2D eigenvalue weighted by Crippen LogP contribution is 2.20. The molecule has 0 aromatic carbocycles. The van der Waals surface area contributed by atoms with Gasteiger partial charge >= 0.3 is 0 Å². The summed E-state index contributed by atoms with van der Waals surface area (Å²) in [4.78, 5) is 13.8. The summed E-state index contributed by atoms with van der Waals surface area (Å²) in [6.07, 6.45) is 0.587. The SMILES string of the molecule is O=C(c1cccn1CC(F)F)N1CCCC1CO. The lowest BCUT2D eigenvalue weighted by Gasteiger charge is -2.23. The number of amides is 1. The molecule has 1 aromatic heterocycles. The van der Waals surface area contributed by atoms with Gasteiger partial charge in [0.05, 0.1) is 19.2 Å². The van der Waals surface area contributed by atoms with Crippen LogP contribution >= 0.6 is 0 Å². The maximum atomic E-state index is 12.4. The monoisotopic (exact) mass is 258 g/mol. The van der Waals surface area contributed by atoms with Crippen LogP contribution in [-0.2, 0) is 6.54 Å². The maximum Gasteiger partial charge on any atom is 0.270 e. The number of halogens is 2. The molecule has 1 amide bonds. The van der Waals surface area contributed by atoms with E-state index < -0.39 is 13.0 Å². The first kappa shape index (κ1) is 13.0. The number of aliphatic hydroxyl groups excluding tert-OH is 1. The van der Waals surface area contributed by atoms with Gasteiger partial charge in [0.15, 0.2) is 0 Å². The van der Waals surface area contributed by atoms with Gasteiger partial charge in [-0.2, -0.15) is 0 Å². The van der Waals surface area contributed by atoms with E-state index in [-0.39, 0.29) is 24.2 Å². The van der Waals surface area contributed by atoms with E-state index in [2.05, 4.69) is 0 Å². The van der Waals surface area contributed by atoms with Crippen molar-refractivity contribution in [3.63, 3.8) is 0 Å². The largest absolute Gasteiger partial charge is 0.394 e. The molecule has 6 heteroatoms. The molecule has 100 valence electrons. The van der Waals surface area contributed by atoms with Gasteiger partial charge in [0.2, 0.25) is 0 Å². The lowest BCUT2D eigenvalue weighted by atomic mass is 10.2. The highest BCUT2D eigenvalue weighted by Gasteiger charge is 2.30. The van der Waals surface area contributed by atoms with Crippen LogP contribution in [0.1, 0.15) is 23.3 Å². The van der Waals surface area contributed by atoms with Crippen LogP contribution in [0.15, 0.2) is 18.3 Å². The first-order chi connectivity index (χ1) is 8.63. The molecule has 0 saturated carbocycles. The molecular formula is C12H16F2N2O2. The van der Waals surface area contributed by atoms with Gasteiger partial charge in [0, 0.05) is 12.7 Å². The fraction of sp³-hybridized carbons (Fsp3) is 0.583. The molecule has 0 bridgehead atoms. The lowest BCUT2D eigenvalue weighted by molar-refractivity contribution is 0.0658. The van der Waals surface area contributed by atoms with Crippen LogP contribution in [0.2, 0.25) is 0 Å². The number of hydrogen-bond acceptors (Lipinski definition) is 2. The van der Waals surface area contributed by atoms with Gasteiger partial charge in [-0.25, -0.2) is 8.78 Å². The van der Waals surface area contributed by atoms with Crippen LogP contribution < -0.4 is 0 Å². The number of hydrogen-bond donors (Lipinski definition) is 1. The quantitative estimate of drug-likeness (QED) is 0.886. The third-order valence-corrected chi connectivity index (χ3v) is 3.23. The van der Waals surface area contributed by atoms with Crippen LogP contribution in [0.4, 0.5) is 8.78 Å². The van der Waals surface area contributed by atoms with Crippen molar-refractivity contribution < 1.29 is 18.7 Å². The summed E-state index contributed by atoms with van der Waals surface area (Å²) in [5.74, 6) is -0.280. The minimum Gasteiger partial charge on any atom is -0.394 e. The van der Waals surface area contributed by atoms with Crippen LogP contribution in [0.3, 0.4) is 0 Å². The van der Waals surface area contributed by atoms with Gasteiger partial charge in [0.25, 0.3) is 12.3 Å². The Morgan fingerprint density at radius 3 is 3.00 bits per heavy atom. The maximum absolute atomic E-state index is 12.4. The fourth-order valence-electron chi connectivity index (χ4n) is 2.36. The van der Waals surface area contributed by atoms with E-state index in [4.69, 9.17) is 0 Å². The van der Waals surface area contributed by atoms with Crippen molar-refractivity contribution in [3.05, 3.63) is 24.0 Å². The van der Waals surface area contributed by atoms with Crippen molar-refractivity contribution in [3.8, 4) is 0 Å². The Morgan fingerprint density at radius 2 is 2.33 bits per heavy atom. The average Bonchev–Trinajstić information content (AvgIpc) is 2.95. The molecule has 4 nitrogen and oxygen atoms in total. The van der Waals surface area contributed by atoms with E-state index in [1.54, 1.807) is 11.0 Å². The number of carbonyl (C=O) groups excluding carboxylic acids is 1. The van der Waals surface area contributed by atoms with Crippen LogP contribution in [0.5, 0.6) is 0 Å². The van der Waals surface area contributed by atoms with E-state index in [1.165, 1.54) is 16.8 Å². The van der Waals surface area contributed by atoms with E-state index in [0.29, 0.717) is 6.54 Å². The Balaban J connectivity index is 2.15. The van der Waals surface area contributed by atoms with Gasteiger partial charge in [-0.3, -0.25) is 4.79 Å². The van der Waals surface area contributed by atoms with Crippen LogP contribution in [0, 0.1) is 0 Å². The standard InChI is InChI=1S/C12H16F2N2O2/c13-11(14)7-15-5-2-4-10(15)12(18)16-6-1-3-9(16)8-17/h2,4-5,9,11,17H,1,3,6-8H2. The summed E-state index contributed by atoms with van der Waals surface area (Å²) < 4.78 is 26.0. The number of rotatable bonds is 4. The summed E-state index contributed by atoms with van der Waals surface area (Å²) in [5, 5.41) is 9.18. The zero-order chi connectivity index (χ0) is 13.1. The number of alkyl halides is 2. The fourth-order valence-corrected chi connectivity index (χ4v) is 2.36. The lowest BCUT2D eigenvalue weighted by Crippen LogP contribution is -2.38. The molecule has 2 rings (SSSR count). The minimum atomic E-state index is -2.49. The van der Waals surface area contributed by atoms with Gasteiger partial charge in [0.1, 0.15) is 5.69 Å². The predicted octanol–water partition coefficient (Wildman–Crippen LogP) is 1.35. The van der Waals surface area contributed by atoms with Crippen molar-refractivity contribution in [2.45, 2.75) is 31.9 Å². The molecule has 1 aliphatic rings. The van der Waals surface area contributed by atoms with E-state index in [1.807, 2.05) is 0 Å². The highest BCUT2D eigenvalue weighted by molar-refractivity contribution is 5.93. The Bertz CT molecular complexity index is 420. The Morgan fingerprint density at radius 1 is 1.56 bits per heavy atom. The van der Waals surface area contributed by atoms with Gasteiger partial charge in [-0.05, 0) is 25.0 Å². The van der Waals surface area contributed by atoms with Crippen molar-refractivity contribution in [1.29, 1.82) is 0 Å². The zero-order valence-electron chi connectivity index (χ0n) is 9.93. The Labute approximate surface area is 104 Å². The number of nitrogens with zero attached hydrogens (tertiary/aromatic N) is 2. The van der Waals surface area contributed by atoms with E-state index >= 15 is 0 Å². The van der Waals surface area contributed by atoms with Crippen molar-refractivity contribution >= 4 is 5.91 Å². The number of aromatic nitrogens is 1. The predicted molar refractivity (Wildman–Crippen MR) is 61.6 cm³/mol.